The van der Waals surface area contributed by atoms with Crippen molar-refractivity contribution in [3.63, 3.8) is 0 Å². The summed E-state index contributed by atoms with van der Waals surface area (Å²) in [6.07, 6.45) is -11.7. The molecule has 1 saturated carbocycles. The van der Waals surface area contributed by atoms with Gasteiger partial charge in [-0.05, 0) is 49.3 Å². The van der Waals surface area contributed by atoms with Gasteiger partial charge in [0.25, 0.3) is 6.17 Å². The van der Waals surface area contributed by atoms with Crippen molar-refractivity contribution in [1.82, 2.24) is 0 Å². The number of ether oxygens (including phenoxy) is 3. The van der Waals surface area contributed by atoms with Crippen molar-refractivity contribution in [1.29, 1.82) is 0 Å². The zero-order valence-electron chi connectivity index (χ0n) is 14.1. The van der Waals surface area contributed by atoms with Crippen molar-refractivity contribution in [3.05, 3.63) is 29.8 Å². The molecule has 0 amide bonds. The number of halogens is 6. The summed E-state index contributed by atoms with van der Waals surface area (Å²) in [6.45, 7) is 0.225. The minimum atomic E-state index is -5.70. The Labute approximate surface area is 147 Å². The Morgan fingerprint density at radius 3 is 2.08 bits per heavy atom. The summed E-state index contributed by atoms with van der Waals surface area (Å²) in [4.78, 5) is 0. The van der Waals surface area contributed by atoms with Gasteiger partial charge in [-0.15, -0.1) is 0 Å². The Morgan fingerprint density at radius 1 is 1.00 bits per heavy atom. The maximum atomic E-state index is 13.3. The van der Waals surface area contributed by atoms with E-state index in [-0.39, 0.29) is 18.8 Å². The summed E-state index contributed by atoms with van der Waals surface area (Å²) < 4.78 is 90.0. The minimum absolute atomic E-state index is 0.108. The lowest BCUT2D eigenvalue weighted by molar-refractivity contribution is -0.304. The number of benzene rings is 1. The molecule has 0 aliphatic heterocycles. The third kappa shape index (κ3) is 5.51. The van der Waals surface area contributed by atoms with E-state index in [1.165, 1.54) is 12.1 Å². The summed E-state index contributed by atoms with van der Waals surface area (Å²) in [5.74, 6) is -0.334. The van der Waals surface area contributed by atoms with Gasteiger partial charge >= 0.3 is 12.3 Å². The van der Waals surface area contributed by atoms with Crippen LogP contribution in [0.25, 0.3) is 0 Å². The van der Waals surface area contributed by atoms with E-state index in [1.807, 2.05) is 0 Å². The molecule has 0 bridgehead atoms. The zero-order chi connectivity index (χ0) is 19.4. The van der Waals surface area contributed by atoms with Crippen LogP contribution in [0.15, 0.2) is 24.3 Å². The predicted molar refractivity (Wildman–Crippen MR) is 80.9 cm³/mol. The zero-order valence-corrected chi connectivity index (χ0v) is 14.1. The normalized spacial score (nSPS) is 22.9. The lowest BCUT2D eigenvalue weighted by atomic mass is 9.83. The number of hydrogen-bond donors (Lipinski definition) is 0. The van der Waals surface area contributed by atoms with Crippen molar-refractivity contribution in [2.75, 3.05) is 13.9 Å². The highest BCUT2D eigenvalue weighted by Gasteiger charge is 2.59. The van der Waals surface area contributed by atoms with E-state index in [0.717, 1.165) is 43.4 Å². The summed E-state index contributed by atoms with van der Waals surface area (Å²) in [6, 6.07) is 5.26. The monoisotopic (exact) mass is 386 g/mol. The van der Waals surface area contributed by atoms with E-state index in [2.05, 4.69) is 4.74 Å². The van der Waals surface area contributed by atoms with Crippen LogP contribution in [0.5, 0.6) is 5.75 Å². The Kier molecular flexibility index (Phi) is 6.79. The first kappa shape index (κ1) is 20.8. The third-order valence-corrected chi connectivity index (χ3v) is 4.28. The Bertz CT molecular complexity index is 553. The molecular weight excluding hydrogens is 366 g/mol. The molecule has 2 rings (SSSR count). The first-order valence-electron chi connectivity index (χ1n) is 8.11. The maximum Gasteiger partial charge on any atom is 0.439 e. The Balaban J connectivity index is 1.93. The Hall–Kier alpha value is -1.48. The van der Waals surface area contributed by atoms with Crippen LogP contribution in [0.1, 0.15) is 37.2 Å². The largest absolute Gasteiger partial charge is 0.439 e. The standard InChI is InChI=1S/C17H20F6O3/c1-24-10-25-13-6-2-11(3-7-13)12-4-8-14(9-5-12)26-17(22,23)15(18)16(19,20)21/h4-5,8-9,11,13,15H,2-3,6-7,10H2,1H3. The van der Waals surface area contributed by atoms with E-state index in [9.17, 15) is 26.3 Å². The summed E-state index contributed by atoms with van der Waals surface area (Å²) in [7, 11) is 1.54. The fourth-order valence-corrected chi connectivity index (χ4v) is 2.93. The molecule has 0 heterocycles. The lowest BCUT2D eigenvalue weighted by Gasteiger charge is -2.29. The van der Waals surface area contributed by atoms with Gasteiger partial charge in [0.05, 0.1) is 6.10 Å². The molecule has 0 radical (unpaired) electrons. The van der Waals surface area contributed by atoms with Gasteiger partial charge in [0, 0.05) is 7.11 Å². The van der Waals surface area contributed by atoms with Gasteiger partial charge in [-0.1, -0.05) is 12.1 Å². The van der Waals surface area contributed by atoms with Crippen LogP contribution in [0.3, 0.4) is 0 Å². The smallest absolute Gasteiger partial charge is 0.430 e. The molecule has 1 unspecified atom stereocenters. The van der Waals surface area contributed by atoms with Gasteiger partial charge in [0.15, 0.2) is 0 Å². The quantitative estimate of drug-likeness (QED) is 0.476. The molecule has 3 nitrogen and oxygen atoms in total. The average molecular weight is 386 g/mol. The fraction of sp³-hybridized carbons (Fsp3) is 0.647. The Morgan fingerprint density at radius 2 is 1.58 bits per heavy atom. The number of hydrogen-bond acceptors (Lipinski definition) is 3. The molecule has 0 N–H and O–H groups in total. The molecule has 1 fully saturated rings. The topological polar surface area (TPSA) is 27.7 Å². The van der Waals surface area contributed by atoms with Gasteiger partial charge in [0.2, 0.25) is 0 Å². The van der Waals surface area contributed by atoms with Crippen molar-refractivity contribution in [2.24, 2.45) is 0 Å². The van der Waals surface area contributed by atoms with Gasteiger partial charge in [0.1, 0.15) is 12.5 Å². The molecule has 0 saturated heterocycles. The second-order valence-corrected chi connectivity index (χ2v) is 6.18. The molecule has 1 aromatic carbocycles. The van der Waals surface area contributed by atoms with E-state index < -0.39 is 24.2 Å². The van der Waals surface area contributed by atoms with Crippen LogP contribution >= 0.6 is 0 Å². The van der Waals surface area contributed by atoms with Crippen LogP contribution in [-0.2, 0) is 9.47 Å². The van der Waals surface area contributed by atoms with Gasteiger partial charge in [-0.2, -0.15) is 22.0 Å². The third-order valence-electron chi connectivity index (χ3n) is 4.28. The SMILES string of the molecule is COCOC1CCC(c2ccc(OC(F)(F)C(F)C(F)(F)F)cc2)CC1. The first-order valence-corrected chi connectivity index (χ1v) is 8.11. The molecule has 0 spiro atoms. The van der Waals surface area contributed by atoms with Crippen LogP contribution in [0, 0.1) is 0 Å². The molecule has 26 heavy (non-hydrogen) atoms. The average Bonchev–Trinajstić information content (AvgIpc) is 2.59. The van der Waals surface area contributed by atoms with E-state index >= 15 is 0 Å². The van der Waals surface area contributed by atoms with Gasteiger partial charge in [-0.3, -0.25) is 0 Å². The molecule has 148 valence electrons. The van der Waals surface area contributed by atoms with E-state index in [1.54, 1.807) is 7.11 Å². The highest BCUT2D eigenvalue weighted by molar-refractivity contribution is 5.30. The molecule has 0 aromatic heterocycles. The fourth-order valence-electron chi connectivity index (χ4n) is 2.93. The van der Waals surface area contributed by atoms with E-state index in [0.29, 0.717) is 0 Å². The van der Waals surface area contributed by atoms with Crippen LogP contribution in [-0.4, -0.2) is 38.5 Å². The van der Waals surface area contributed by atoms with Crippen molar-refractivity contribution in [3.8, 4) is 5.75 Å². The van der Waals surface area contributed by atoms with Crippen LogP contribution in [0.4, 0.5) is 26.3 Å². The predicted octanol–water partition coefficient (Wildman–Crippen LogP) is 5.21. The molecular formula is C17H20F6O3. The van der Waals surface area contributed by atoms with E-state index in [4.69, 9.17) is 9.47 Å². The van der Waals surface area contributed by atoms with Crippen LogP contribution in [0.2, 0.25) is 0 Å². The second-order valence-electron chi connectivity index (χ2n) is 6.18. The van der Waals surface area contributed by atoms with Gasteiger partial charge in [-0.25, -0.2) is 4.39 Å². The minimum Gasteiger partial charge on any atom is -0.430 e. The van der Waals surface area contributed by atoms with Gasteiger partial charge < -0.3 is 14.2 Å². The molecule has 1 atom stereocenters. The highest BCUT2D eigenvalue weighted by atomic mass is 19.4. The summed E-state index contributed by atoms with van der Waals surface area (Å²) in [5, 5.41) is 0. The molecule has 9 heteroatoms. The first-order chi connectivity index (χ1) is 12.1. The summed E-state index contributed by atoms with van der Waals surface area (Å²) >= 11 is 0. The molecule has 1 aliphatic carbocycles. The maximum absolute atomic E-state index is 13.3. The highest BCUT2D eigenvalue weighted by Crippen LogP contribution is 2.38. The molecule has 1 aromatic rings. The number of rotatable bonds is 7. The van der Waals surface area contributed by atoms with Crippen LogP contribution < -0.4 is 4.74 Å². The second kappa shape index (κ2) is 8.47. The summed E-state index contributed by atoms with van der Waals surface area (Å²) in [5.41, 5.74) is 0.860. The van der Waals surface area contributed by atoms with Crippen molar-refractivity contribution >= 4 is 0 Å². The molecule has 1 aliphatic rings. The number of alkyl halides is 6. The number of methoxy groups -OCH3 is 1. The van der Waals surface area contributed by atoms with Crippen molar-refractivity contribution < 1.29 is 40.6 Å². The lowest BCUT2D eigenvalue weighted by Crippen LogP contribution is -2.45. The van der Waals surface area contributed by atoms with Crippen molar-refractivity contribution in [2.45, 2.75) is 56.2 Å².